The molecule has 1 aliphatic rings. The zero-order chi connectivity index (χ0) is 19.3. The number of hydrogen-bond acceptors (Lipinski definition) is 9. The van der Waals surface area contributed by atoms with E-state index in [4.69, 9.17) is 9.99 Å². The Bertz CT molecular complexity index is 886. The van der Waals surface area contributed by atoms with Gasteiger partial charge < -0.3 is 9.64 Å². The van der Waals surface area contributed by atoms with Crippen LogP contribution in [0.3, 0.4) is 0 Å². The number of benzene rings is 2. The quantitative estimate of drug-likeness (QED) is 0.253. The number of hydrogen-bond donors (Lipinski definition) is 1. The SMILES string of the molecule is O=C(Oc1ccc(N2CCS(=O)(=O)CC2)cc1)c1ccccc1SOOO. The van der Waals surface area contributed by atoms with Gasteiger partial charge in [0.1, 0.15) is 5.75 Å². The van der Waals surface area contributed by atoms with E-state index >= 15 is 0 Å². The van der Waals surface area contributed by atoms with Gasteiger partial charge in [0.2, 0.25) is 0 Å². The standard InChI is InChI=1S/C17H17NO7S2/c19-17(15-3-1-2-4-16(15)26-25-24-20)23-14-7-5-13(6-8-14)18-9-11-27(21,22)12-10-18/h1-8,20H,9-12H2. The number of anilines is 1. The first-order chi connectivity index (χ1) is 13.0. The molecule has 2 aromatic carbocycles. The van der Waals surface area contributed by atoms with Crippen LogP contribution in [0.5, 0.6) is 5.75 Å². The van der Waals surface area contributed by atoms with Gasteiger partial charge in [-0.3, -0.25) is 0 Å². The lowest BCUT2D eigenvalue weighted by molar-refractivity contribution is -0.432. The van der Waals surface area contributed by atoms with Crippen molar-refractivity contribution in [2.45, 2.75) is 4.90 Å². The molecule has 0 aromatic heterocycles. The molecule has 0 amide bonds. The van der Waals surface area contributed by atoms with E-state index in [-0.39, 0.29) is 17.1 Å². The van der Waals surface area contributed by atoms with Gasteiger partial charge in [-0.05, 0) is 36.4 Å². The topological polar surface area (TPSA) is 102 Å². The van der Waals surface area contributed by atoms with E-state index < -0.39 is 15.8 Å². The fourth-order valence-corrected chi connectivity index (χ4v) is 4.30. The van der Waals surface area contributed by atoms with Gasteiger partial charge in [0, 0.05) is 18.8 Å². The fourth-order valence-electron chi connectivity index (χ4n) is 2.62. The highest BCUT2D eigenvalue weighted by atomic mass is 32.2. The van der Waals surface area contributed by atoms with Gasteiger partial charge >= 0.3 is 5.97 Å². The Morgan fingerprint density at radius 3 is 2.37 bits per heavy atom. The summed E-state index contributed by atoms with van der Waals surface area (Å²) >= 11 is 0.678. The number of esters is 1. The van der Waals surface area contributed by atoms with Gasteiger partial charge in [-0.25, -0.2) is 18.5 Å². The number of sulfone groups is 1. The molecule has 8 nitrogen and oxygen atoms in total. The fraction of sp³-hybridized carbons (Fsp3) is 0.235. The van der Waals surface area contributed by atoms with E-state index in [0.29, 0.717) is 35.8 Å². The highest BCUT2D eigenvalue weighted by molar-refractivity contribution is 7.94. The second-order valence-corrected chi connectivity index (χ2v) is 8.79. The number of carbonyl (C=O) groups is 1. The Kier molecular flexibility index (Phi) is 6.34. The summed E-state index contributed by atoms with van der Waals surface area (Å²) < 4.78 is 32.8. The molecule has 1 heterocycles. The molecule has 27 heavy (non-hydrogen) atoms. The first kappa shape index (κ1) is 19.6. The Morgan fingerprint density at radius 1 is 1.04 bits per heavy atom. The molecular weight excluding hydrogens is 394 g/mol. The highest BCUT2D eigenvalue weighted by Crippen LogP contribution is 2.26. The summed E-state index contributed by atoms with van der Waals surface area (Å²) in [5.74, 6) is 0.0410. The first-order valence-corrected chi connectivity index (χ1v) is 10.6. The van der Waals surface area contributed by atoms with Crippen LogP contribution in [0.2, 0.25) is 0 Å². The molecule has 2 aromatic rings. The molecule has 144 valence electrons. The van der Waals surface area contributed by atoms with Crippen molar-refractivity contribution in [1.29, 1.82) is 0 Å². The smallest absolute Gasteiger partial charge is 0.344 e. The summed E-state index contributed by atoms with van der Waals surface area (Å²) in [6.07, 6.45) is 0. The minimum Gasteiger partial charge on any atom is -0.423 e. The van der Waals surface area contributed by atoms with Crippen molar-refractivity contribution in [2.24, 2.45) is 0 Å². The minimum atomic E-state index is -2.94. The predicted octanol–water partition coefficient (Wildman–Crippen LogP) is 2.57. The first-order valence-electron chi connectivity index (χ1n) is 8.00. The van der Waals surface area contributed by atoms with Crippen molar-refractivity contribution in [1.82, 2.24) is 0 Å². The molecule has 0 saturated carbocycles. The summed E-state index contributed by atoms with van der Waals surface area (Å²) in [6, 6.07) is 13.4. The van der Waals surface area contributed by atoms with Gasteiger partial charge in [0.25, 0.3) is 0 Å². The van der Waals surface area contributed by atoms with Gasteiger partial charge in [-0.2, -0.15) is 0 Å². The molecule has 0 radical (unpaired) electrons. The van der Waals surface area contributed by atoms with Crippen molar-refractivity contribution in [2.75, 3.05) is 29.5 Å². The molecule has 3 rings (SSSR count). The molecule has 1 fully saturated rings. The van der Waals surface area contributed by atoms with Crippen LogP contribution >= 0.6 is 12.0 Å². The third kappa shape index (κ3) is 5.21. The molecule has 1 N–H and O–H groups in total. The molecule has 1 aliphatic heterocycles. The second-order valence-electron chi connectivity index (χ2n) is 5.74. The number of nitrogens with zero attached hydrogens (tertiary/aromatic N) is 1. The van der Waals surface area contributed by atoms with Crippen LogP contribution in [-0.4, -0.2) is 44.2 Å². The molecule has 10 heteroatoms. The lowest BCUT2D eigenvalue weighted by Gasteiger charge is -2.28. The van der Waals surface area contributed by atoms with E-state index in [9.17, 15) is 13.2 Å². The normalized spacial score (nSPS) is 16.1. The Hall–Kier alpha value is -2.11. The van der Waals surface area contributed by atoms with E-state index in [0.717, 1.165) is 5.69 Å². The summed E-state index contributed by atoms with van der Waals surface area (Å²) in [5, 5.41) is 11.8. The van der Waals surface area contributed by atoms with Crippen LogP contribution in [0, 0.1) is 0 Å². The van der Waals surface area contributed by atoms with Crippen LogP contribution in [0.1, 0.15) is 10.4 Å². The van der Waals surface area contributed by atoms with E-state index in [1.165, 1.54) is 0 Å². The molecule has 0 unspecified atom stereocenters. The largest absolute Gasteiger partial charge is 0.423 e. The second kappa shape index (κ2) is 8.72. The summed E-state index contributed by atoms with van der Waals surface area (Å²) in [5.41, 5.74) is 1.12. The number of ether oxygens (including phenoxy) is 1. The van der Waals surface area contributed by atoms with E-state index in [1.54, 1.807) is 48.5 Å². The van der Waals surface area contributed by atoms with E-state index in [2.05, 4.69) is 9.37 Å². The zero-order valence-electron chi connectivity index (χ0n) is 14.1. The van der Waals surface area contributed by atoms with Crippen LogP contribution in [0.25, 0.3) is 0 Å². The molecule has 0 aliphatic carbocycles. The zero-order valence-corrected chi connectivity index (χ0v) is 15.7. The summed E-state index contributed by atoms with van der Waals surface area (Å²) in [7, 11) is -2.94. The minimum absolute atomic E-state index is 0.137. The third-order valence-corrected chi connectivity index (χ3v) is 6.29. The third-order valence-electron chi connectivity index (χ3n) is 4.02. The average Bonchev–Trinajstić information content (AvgIpc) is 2.67. The number of carbonyl (C=O) groups excluding carboxylic acids is 1. The maximum atomic E-state index is 12.4. The maximum absolute atomic E-state index is 12.4. The van der Waals surface area contributed by atoms with Crippen molar-refractivity contribution >= 4 is 33.5 Å². The molecule has 1 saturated heterocycles. The van der Waals surface area contributed by atoms with Crippen molar-refractivity contribution in [3.8, 4) is 5.75 Å². The van der Waals surface area contributed by atoms with Crippen molar-refractivity contribution in [3.05, 3.63) is 54.1 Å². The Morgan fingerprint density at radius 2 is 1.70 bits per heavy atom. The van der Waals surface area contributed by atoms with Gasteiger partial charge in [-0.1, -0.05) is 17.2 Å². The summed E-state index contributed by atoms with van der Waals surface area (Å²) in [6.45, 7) is 0.887. The molecular formula is C17H17NO7S2. The summed E-state index contributed by atoms with van der Waals surface area (Å²) in [4.78, 5) is 14.8. The molecule has 0 spiro atoms. The van der Waals surface area contributed by atoms with Gasteiger partial charge in [-0.15, -0.1) is 4.33 Å². The molecule has 0 atom stereocenters. The average molecular weight is 411 g/mol. The van der Waals surface area contributed by atoms with E-state index in [1.807, 2.05) is 4.90 Å². The lowest BCUT2D eigenvalue weighted by atomic mass is 10.2. The monoisotopic (exact) mass is 411 g/mol. The Labute approximate surface area is 160 Å². The predicted molar refractivity (Wildman–Crippen MR) is 99.4 cm³/mol. The van der Waals surface area contributed by atoms with Crippen LogP contribution in [0.4, 0.5) is 5.69 Å². The van der Waals surface area contributed by atoms with Crippen LogP contribution in [-0.2, 0) is 19.2 Å². The number of rotatable bonds is 6. The van der Waals surface area contributed by atoms with Crippen LogP contribution < -0.4 is 9.64 Å². The van der Waals surface area contributed by atoms with Crippen molar-refractivity contribution in [3.63, 3.8) is 0 Å². The lowest BCUT2D eigenvalue weighted by Crippen LogP contribution is -2.40. The van der Waals surface area contributed by atoms with Gasteiger partial charge in [0.05, 0.1) is 34.0 Å². The highest BCUT2D eigenvalue weighted by Gasteiger charge is 2.22. The van der Waals surface area contributed by atoms with Gasteiger partial charge in [0.15, 0.2) is 9.84 Å². The maximum Gasteiger partial charge on any atom is 0.344 e. The Balaban J connectivity index is 1.66. The van der Waals surface area contributed by atoms with Crippen molar-refractivity contribution < 1.29 is 32.6 Å². The van der Waals surface area contributed by atoms with Crippen LogP contribution in [0.15, 0.2) is 53.4 Å². The molecule has 0 bridgehead atoms.